The van der Waals surface area contributed by atoms with Gasteiger partial charge in [0.25, 0.3) is 0 Å². The van der Waals surface area contributed by atoms with E-state index in [1.54, 1.807) is 6.07 Å². The molecule has 108 valence electrons. The van der Waals surface area contributed by atoms with E-state index < -0.39 is 5.82 Å². The lowest BCUT2D eigenvalue weighted by Gasteiger charge is -2.36. The Bertz CT molecular complexity index is 478. The highest BCUT2D eigenvalue weighted by Gasteiger charge is 2.20. The highest BCUT2D eigenvalue weighted by molar-refractivity contribution is 5.60. The van der Waals surface area contributed by atoms with Crippen LogP contribution in [0.4, 0.5) is 10.1 Å². The highest BCUT2D eigenvalue weighted by Crippen LogP contribution is 2.23. The van der Waals surface area contributed by atoms with E-state index in [9.17, 15) is 4.39 Å². The van der Waals surface area contributed by atoms with Gasteiger partial charge in [-0.2, -0.15) is 5.26 Å². The molecule has 0 aromatic heterocycles. The summed E-state index contributed by atoms with van der Waals surface area (Å²) in [7, 11) is 0. The average Bonchev–Trinajstić information content (AvgIpc) is 2.48. The molecule has 0 atom stereocenters. The third kappa shape index (κ3) is 3.47. The zero-order valence-corrected chi connectivity index (χ0v) is 11.8. The van der Waals surface area contributed by atoms with Crippen LogP contribution in [0, 0.1) is 17.1 Å². The quantitative estimate of drug-likeness (QED) is 0.770. The summed E-state index contributed by atoms with van der Waals surface area (Å²) in [5.74, 6) is -0.441. The van der Waals surface area contributed by atoms with Crippen molar-refractivity contribution < 1.29 is 9.13 Å². The van der Waals surface area contributed by atoms with Crippen molar-refractivity contribution in [2.75, 3.05) is 50.8 Å². The Hall–Kier alpha value is -1.64. The molecule has 20 heavy (non-hydrogen) atoms. The molecule has 1 aliphatic heterocycles. The topological polar surface area (TPSA) is 39.5 Å². The molecule has 5 heteroatoms. The number of piperazine rings is 1. The minimum atomic E-state index is -0.441. The SMILES string of the molecule is CCOCCN1CCN(c2cccc(F)c2C#N)CC1. The van der Waals surface area contributed by atoms with E-state index in [1.807, 2.05) is 19.1 Å². The molecular weight excluding hydrogens is 257 g/mol. The van der Waals surface area contributed by atoms with Crippen molar-refractivity contribution in [3.05, 3.63) is 29.6 Å². The monoisotopic (exact) mass is 277 g/mol. The van der Waals surface area contributed by atoms with E-state index in [0.717, 1.165) is 45.9 Å². The van der Waals surface area contributed by atoms with Gasteiger partial charge in [0.05, 0.1) is 12.3 Å². The van der Waals surface area contributed by atoms with Gasteiger partial charge < -0.3 is 9.64 Å². The van der Waals surface area contributed by atoms with E-state index in [1.165, 1.54) is 6.07 Å². The second-order valence-electron chi connectivity index (χ2n) is 4.77. The van der Waals surface area contributed by atoms with Crippen LogP contribution in [0.25, 0.3) is 0 Å². The molecule has 0 bridgehead atoms. The number of nitriles is 1. The van der Waals surface area contributed by atoms with Gasteiger partial charge in [0.2, 0.25) is 0 Å². The summed E-state index contributed by atoms with van der Waals surface area (Å²) in [6.07, 6.45) is 0. The fourth-order valence-electron chi connectivity index (χ4n) is 2.44. The number of nitrogens with zero attached hydrogens (tertiary/aromatic N) is 3. The molecule has 0 aliphatic carbocycles. The van der Waals surface area contributed by atoms with Crippen molar-refractivity contribution in [3.8, 4) is 6.07 Å². The van der Waals surface area contributed by atoms with Gasteiger partial charge in [-0.05, 0) is 19.1 Å². The Morgan fingerprint density at radius 2 is 2.05 bits per heavy atom. The average molecular weight is 277 g/mol. The Labute approximate surface area is 119 Å². The number of rotatable bonds is 5. The van der Waals surface area contributed by atoms with Gasteiger partial charge in [-0.3, -0.25) is 4.90 Å². The first kappa shape index (κ1) is 14.8. The van der Waals surface area contributed by atoms with Crippen molar-refractivity contribution in [2.24, 2.45) is 0 Å². The molecule has 1 aliphatic rings. The highest BCUT2D eigenvalue weighted by atomic mass is 19.1. The predicted octanol–water partition coefficient (Wildman–Crippen LogP) is 1.86. The van der Waals surface area contributed by atoms with Crippen LogP contribution < -0.4 is 4.90 Å². The van der Waals surface area contributed by atoms with Crippen LogP contribution in [-0.4, -0.2) is 50.8 Å². The maximum absolute atomic E-state index is 13.6. The summed E-state index contributed by atoms with van der Waals surface area (Å²) in [4.78, 5) is 4.41. The fraction of sp³-hybridized carbons (Fsp3) is 0.533. The number of hydrogen-bond acceptors (Lipinski definition) is 4. The van der Waals surface area contributed by atoms with Crippen LogP contribution in [0.15, 0.2) is 18.2 Å². The van der Waals surface area contributed by atoms with Crippen LogP contribution in [0.2, 0.25) is 0 Å². The first-order chi connectivity index (χ1) is 9.76. The van der Waals surface area contributed by atoms with Gasteiger partial charge in [-0.25, -0.2) is 4.39 Å². The maximum atomic E-state index is 13.6. The molecular formula is C15H20FN3O. The number of ether oxygens (including phenoxy) is 1. The molecule has 4 nitrogen and oxygen atoms in total. The largest absolute Gasteiger partial charge is 0.380 e. The molecule has 0 saturated carbocycles. The van der Waals surface area contributed by atoms with Crippen LogP contribution >= 0.6 is 0 Å². The van der Waals surface area contributed by atoms with E-state index in [0.29, 0.717) is 5.69 Å². The van der Waals surface area contributed by atoms with Crippen molar-refractivity contribution in [2.45, 2.75) is 6.92 Å². The standard InChI is InChI=1S/C15H20FN3O/c1-2-20-11-10-18-6-8-19(9-7-18)15-5-3-4-14(16)13(15)12-17/h3-5H,2,6-11H2,1H3. The van der Waals surface area contributed by atoms with E-state index in [2.05, 4.69) is 9.80 Å². The van der Waals surface area contributed by atoms with Crippen LogP contribution in [-0.2, 0) is 4.74 Å². The number of anilines is 1. The minimum absolute atomic E-state index is 0.148. The van der Waals surface area contributed by atoms with Gasteiger partial charge in [-0.15, -0.1) is 0 Å². The summed E-state index contributed by atoms with van der Waals surface area (Å²) in [6, 6.07) is 6.77. The van der Waals surface area contributed by atoms with E-state index in [4.69, 9.17) is 10.00 Å². The number of hydrogen-bond donors (Lipinski definition) is 0. The lowest BCUT2D eigenvalue weighted by Crippen LogP contribution is -2.47. The molecule has 0 N–H and O–H groups in total. The van der Waals surface area contributed by atoms with Crippen LogP contribution in [0.5, 0.6) is 0 Å². The molecule has 1 aromatic rings. The summed E-state index contributed by atoms with van der Waals surface area (Å²) in [5, 5.41) is 9.08. The third-order valence-corrected chi connectivity index (χ3v) is 3.57. The molecule has 0 spiro atoms. The molecule has 1 saturated heterocycles. The minimum Gasteiger partial charge on any atom is -0.380 e. The van der Waals surface area contributed by atoms with E-state index >= 15 is 0 Å². The summed E-state index contributed by atoms with van der Waals surface area (Å²) in [5.41, 5.74) is 0.854. The van der Waals surface area contributed by atoms with Crippen molar-refractivity contribution in [1.82, 2.24) is 4.90 Å². The zero-order chi connectivity index (χ0) is 14.4. The third-order valence-electron chi connectivity index (χ3n) is 3.57. The Balaban J connectivity index is 1.94. The lowest BCUT2D eigenvalue weighted by atomic mass is 10.1. The Morgan fingerprint density at radius 1 is 1.30 bits per heavy atom. The van der Waals surface area contributed by atoms with Gasteiger partial charge in [-0.1, -0.05) is 6.07 Å². The molecule has 1 fully saturated rings. The molecule has 0 unspecified atom stereocenters. The molecule has 0 radical (unpaired) electrons. The normalized spacial score (nSPS) is 16.1. The van der Waals surface area contributed by atoms with Gasteiger partial charge in [0.1, 0.15) is 17.4 Å². The summed E-state index contributed by atoms with van der Waals surface area (Å²) < 4.78 is 19.0. The molecule has 1 heterocycles. The fourth-order valence-corrected chi connectivity index (χ4v) is 2.44. The molecule has 2 rings (SSSR count). The van der Waals surface area contributed by atoms with Crippen molar-refractivity contribution >= 4 is 5.69 Å². The smallest absolute Gasteiger partial charge is 0.143 e. The first-order valence-electron chi connectivity index (χ1n) is 7.00. The summed E-state index contributed by atoms with van der Waals surface area (Å²) >= 11 is 0. The predicted molar refractivity (Wildman–Crippen MR) is 76.3 cm³/mol. The summed E-state index contributed by atoms with van der Waals surface area (Å²) in [6.45, 7) is 7.85. The second-order valence-corrected chi connectivity index (χ2v) is 4.77. The van der Waals surface area contributed by atoms with Gasteiger partial charge >= 0.3 is 0 Å². The number of halogens is 1. The van der Waals surface area contributed by atoms with Crippen molar-refractivity contribution in [1.29, 1.82) is 5.26 Å². The first-order valence-corrected chi connectivity index (χ1v) is 7.00. The van der Waals surface area contributed by atoms with Crippen LogP contribution in [0.1, 0.15) is 12.5 Å². The van der Waals surface area contributed by atoms with E-state index in [-0.39, 0.29) is 5.56 Å². The second kappa shape index (κ2) is 7.22. The Morgan fingerprint density at radius 3 is 2.70 bits per heavy atom. The Kier molecular flexibility index (Phi) is 5.33. The number of benzene rings is 1. The molecule has 1 aromatic carbocycles. The zero-order valence-electron chi connectivity index (χ0n) is 11.8. The maximum Gasteiger partial charge on any atom is 0.143 e. The van der Waals surface area contributed by atoms with Crippen molar-refractivity contribution in [3.63, 3.8) is 0 Å². The van der Waals surface area contributed by atoms with Gasteiger partial charge in [0.15, 0.2) is 0 Å². The van der Waals surface area contributed by atoms with Crippen LogP contribution in [0.3, 0.4) is 0 Å². The molecule has 0 amide bonds. The van der Waals surface area contributed by atoms with Gasteiger partial charge in [0, 0.05) is 39.3 Å². The lowest BCUT2D eigenvalue weighted by molar-refractivity contribution is 0.111.